The Balaban J connectivity index is 2.97. The zero-order valence-electron chi connectivity index (χ0n) is 11.5. The van der Waals surface area contributed by atoms with Gasteiger partial charge in [0.15, 0.2) is 5.78 Å². The maximum atomic E-state index is 12.1. The Labute approximate surface area is 118 Å². The Bertz CT molecular complexity index is 609. The van der Waals surface area contributed by atoms with Gasteiger partial charge < -0.3 is 4.74 Å². The number of carbonyl (C=O) groups is 2. The molecule has 1 aromatic rings. The van der Waals surface area contributed by atoms with Gasteiger partial charge in [-0.25, -0.2) is 8.42 Å². The van der Waals surface area contributed by atoms with Crippen LogP contribution < -0.4 is 4.72 Å². The molecule has 110 valence electrons. The minimum atomic E-state index is -3.88. The number of hydrogen-bond donors (Lipinski definition) is 1. The van der Waals surface area contributed by atoms with Crippen LogP contribution in [0.5, 0.6) is 0 Å². The monoisotopic (exact) mass is 299 g/mol. The van der Waals surface area contributed by atoms with Crippen molar-refractivity contribution in [2.24, 2.45) is 0 Å². The molecular weight excluding hydrogens is 282 g/mol. The zero-order chi connectivity index (χ0) is 15.3. The molecule has 7 heteroatoms. The smallest absolute Gasteiger partial charge is 0.323 e. The van der Waals surface area contributed by atoms with Crippen molar-refractivity contribution in [2.45, 2.75) is 31.7 Å². The van der Waals surface area contributed by atoms with E-state index in [0.717, 1.165) is 0 Å². The third-order valence-corrected chi connectivity index (χ3v) is 4.06. The molecule has 0 aromatic heterocycles. The van der Waals surface area contributed by atoms with Crippen molar-refractivity contribution >= 4 is 21.8 Å². The topological polar surface area (TPSA) is 89.5 Å². The molecule has 0 aliphatic heterocycles. The number of carbonyl (C=O) groups excluding carboxylic acids is 2. The van der Waals surface area contributed by atoms with Gasteiger partial charge in [-0.1, -0.05) is 12.1 Å². The van der Waals surface area contributed by atoms with Crippen molar-refractivity contribution in [3.8, 4) is 0 Å². The lowest BCUT2D eigenvalue weighted by molar-refractivity contribution is -0.144. The number of Topliss-reactive ketones (excluding diaryl/α,β-unsaturated/α-hetero) is 1. The first-order chi connectivity index (χ1) is 9.27. The summed E-state index contributed by atoms with van der Waals surface area (Å²) in [5.41, 5.74) is 0.289. The molecule has 0 heterocycles. The third kappa shape index (κ3) is 4.14. The van der Waals surface area contributed by atoms with Gasteiger partial charge in [-0.05, 0) is 32.9 Å². The van der Waals surface area contributed by atoms with Gasteiger partial charge in [-0.3, -0.25) is 9.59 Å². The first-order valence-electron chi connectivity index (χ1n) is 6.08. The summed E-state index contributed by atoms with van der Waals surface area (Å²) in [6.45, 7) is 4.55. The minimum absolute atomic E-state index is 0.0682. The highest BCUT2D eigenvalue weighted by Gasteiger charge is 2.23. The first kappa shape index (κ1) is 16.3. The first-order valence-corrected chi connectivity index (χ1v) is 7.56. The van der Waals surface area contributed by atoms with Gasteiger partial charge in [0.25, 0.3) is 0 Å². The van der Waals surface area contributed by atoms with Gasteiger partial charge in [0, 0.05) is 5.56 Å². The molecule has 1 rings (SSSR count). The molecule has 0 aliphatic carbocycles. The van der Waals surface area contributed by atoms with Gasteiger partial charge in [-0.15, -0.1) is 0 Å². The highest BCUT2D eigenvalue weighted by atomic mass is 32.2. The predicted octanol–water partition coefficient (Wildman–Crippen LogP) is 1.12. The quantitative estimate of drug-likeness (QED) is 0.628. The van der Waals surface area contributed by atoms with E-state index in [1.807, 2.05) is 0 Å². The van der Waals surface area contributed by atoms with E-state index >= 15 is 0 Å². The molecule has 0 amide bonds. The van der Waals surface area contributed by atoms with Crippen LogP contribution in [0.2, 0.25) is 0 Å². The number of rotatable bonds is 6. The van der Waals surface area contributed by atoms with Gasteiger partial charge in [0.2, 0.25) is 10.0 Å². The number of ketones is 1. The fourth-order valence-corrected chi connectivity index (χ4v) is 2.74. The van der Waals surface area contributed by atoms with Crippen LogP contribution >= 0.6 is 0 Å². The number of benzene rings is 1. The molecule has 1 aromatic carbocycles. The Hall–Kier alpha value is -1.73. The lowest BCUT2D eigenvalue weighted by Gasteiger charge is -2.13. The maximum Gasteiger partial charge on any atom is 0.323 e. The van der Waals surface area contributed by atoms with Crippen LogP contribution in [-0.4, -0.2) is 32.8 Å². The van der Waals surface area contributed by atoms with Gasteiger partial charge >= 0.3 is 5.97 Å². The molecule has 1 atom stereocenters. The minimum Gasteiger partial charge on any atom is -0.465 e. The SMILES string of the molecule is CCOC(=O)C(C)NS(=O)(=O)c1cccc(C(C)=O)c1. The molecule has 0 radical (unpaired) electrons. The van der Waals surface area contributed by atoms with Crippen molar-refractivity contribution in [2.75, 3.05) is 6.61 Å². The van der Waals surface area contributed by atoms with Crippen molar-refractivity contribution in [1.82, 2.24) is 4.72 Å². The van der Waals surface area contributed by atoms with E-state index < -0.39 is 22.0 Å². The van der Waals surface area contributed by atoms with Gasteiger partial charge in [-0.2, -0.15) is 4.72 Å². The summed E-state index contributed by atoms with van der Waals surface area (Å²) in [4.78, 5) is 22.6. The van der Waals surface area contributed by atoms with Crippen molar-refractivity contribution < 1.29 is 22.7 Å². The number of ether oxygens (including phenoxy) is 1. The summed E-state index contributed by atoms with van der Waals surface area (Å²) in [5, 5.41) is 0. The molecule has 0 bridgehead atoms. The highest BCUT2D eigenvalue weighted by molar-refractivity contribution is 7.89. The molecule has 0 aliphatic rings. The van der Waals surface area contributed by atoms with Crippen LogP contribution in [0, 0.1) is 0 Å². The molecular formula is C13H17NO5S. The molecule has 0 fully saturated rings. The number of sulfonamides is 1. The normalized spacial score (nSPS) is 12.8. The van der Waals surface area contributed by atoms with Crippen molar-refractivity contribution in [3.05, 3.63) is 29.8 Å². The van der Waals surface area contributed by atoms with Crippen molar-refractivity contribution in [3.63, 3.8) is 0 Å². The zero-order valence-corrected chi connectivity index (χ0v) is 12.4. The van der Waals surface area contributed by atoms with Crippen molar-refractivity contribution in [1.29, 1.82) is 0 Å². The lowest BCUT2D eigenvalue weighted by atomic mass is 10.2. The molecule has 0 spiro atoms. The van der Waals surface area contributed by atoms with Crippen LogP contribution in [0.3, 0.4) is 0 Å². The average Bonchev–Trinajstić information content (AvgIpc) is 2.38. The third-order valence-electron chi connectivity index (χ3n) is 2.52. The van der Waals surface area contributed by atoms with E-state index in [9.17, 15) is 18.0 Å². The van der Waals surface area contributed by atoms with Crippen LogP contribution in [0.25, 0.3) is 0 Å². The van der Waals surface area contributed by atoms with E-state index in [2.05, 4.69) is 4.72 Å². The Kier molecular flexibility index (Phi) is 5.41. The number of esters is 1. The number of nitrogens with one attached hydrogen (secondary N) is 1. The van der Waals surface area contributed by atoms with E-state index in [1.54, 1.807) is 6.92 Å². The number of hydrogen-bond acceptors (Lipinski definition) is 5. The molecule has 20 heavy (non-hydrogen) atoms. The average molecular weight is 299 g/mol. The van der Waals surface area contributed by atoms with Crippen LogP contribution in [-0.2, 0) is 19.6 Å². The highest BCUT2D eigenvalue weighted by Crippen LogP contribution is 2.12. The summed E-state index contributed by atoms with van der Waals surface area (Å²) < 4.78 is 31.1. The Morgan fingerprint density at radius 2 is 2.00 bits per heavy atom. The molecule has 1 N–H and O–H groups in total. The summed E-state index contributed by atoms with van der Waals surface area (Å²) >= 11 is 0. The second-order valence-corrected chi connectivity index (χ2v) is 5.89. The van der Waals surface area contributed by atoms with E-state index in [0.29, 0.717) is 0 Å². The lowest BCUT2D eigenvalue weighted by Crippen LogP contribution is -2.39. The van der Waals surface area contributed by atoms with Crippen LogP contribution in [0.1, 0.15) is 31.1 Å². The Morgan fingerprint density at radius 1 is 1.35 bits per heavy atom. The van der Waals surface area contributed by atoms with Crippen LogP contribution in [0.15, 0.2) is 29.2 Å². The second kappa shape index (κ2) is 6.62. The van der Waals surface area contributed by atoms with Gasteiger partial charge in [0.05, 0.1) is 11.5 Å². The van der Waals surface area contributed by atoms with E-state index in [1.165, 1.54) is 38.1 Å². The van der Waals surface area contributed by atoms with Crippen LogP contribution in [0.4, 0.5) is 0 Å². The molecule has 0 saturated heterocycles. The summed E-state index contributed by atoms with van der Waals surface area (Å²) in [6.07, 6.45) is 0. The summed E-state index contributed by atoms with van der Waals surface area (Å²) in [7, 11) is -3.88. The molecule has 0 saturated carbocycles. The summed E-state index contributed by atoms with van der Waals surface area (Å²) in [6, 6.07) is 4.62. The van der Waals surface area contributed by atoms with E-state index in [-0.39, 0.29) is 22.8 Å². The largest absolute Gasteiger partial charge is 0.465 e. The second-order valence-electron chi connectivity index (χ2n) is 4.18. The fourth-order valence-electron chi connectivity index (χ4n) is 1.50. The van der Waals surface area contributed by atoms with Gasteiger partial charge in [0.1, 0.15) is 6.04 Å². The summed E-state index contributed by atoms with van der Waals surface area (Å²) in [5.74, 6) is -0.890. The molecule has 6 nitrogen and oxygen atoms in total. The molecule has 1 unspecified atom stereocenters. The maximum absolute atomic E-state index is 12.1. The Morgan fingerprint density at radius 3 is 2.55 bits per heavy atom. The predicted molar refractivity (Wildman–Crippen MR) is 72.9 cm³/mol. The standard InChI is InChI=1S/C13H17NO5S/c1-4-19-13(16)9(2)14-20(17,18)12-7-5-6-11(8-12)10(3)15/h5-9,14H,4H2,1-3H3. The van der Waals surface area contributed by atoms with E-state index in [4.69, 9.17) is 4.74 Å². The fraction of sp³-hybridized carbons (Fsp3) is 0.385.